The molecule has 150 valence electrons. The summed E-state index contributed by atoms with van der Waals surface area (Å²) in [6, 6.07) is 13.4. The topological polar surface area (TPSA) is 49.8 Å². The largest absolute Gasteiger partial charge is 0.394 e. The number of carbonyl (C=O) groups is 1. The van der Waals surface area contributed by atoms with E-state index in [1.165, 1.54) is 12.1 Å². The Morgan fingerprint density at radius 3 is 2.43 bits per heavy atom. The van der Waals surface area contributed by atoms with Gasteiger partial charge in [0.05, 0.1) is 30.3 Å². The summed E-state index contributed by atoms with van der Waals surface area (Å²) in [5, 5.41) is 10.5. The number of aliphatic hydroxyl groups is 1. The Hall–Kier alpha value is -1.66. The predicted molar refractivity (Wildman–Crippen MR) is 107 cm³/mol. The van der Waals surface area contributed by atoms with E-state index in [-0.39, 0.29) is 36.2 Å². The average Bonchev–Trinajstić information content (AvgIpc) is 3.52. The molecule has 1 amide bonds. The smallest absolute Gasteiger partial charge is 0.249 e. The summed E-state index contributed by atoms with van der Waals surface area (Å²) in [6.45, 7) is 0.231. The summed E-state index contributed by atoms with van der Waals surface area (Å²) in [5.41, 5.74) is 0.643. The van der Waals surface area contributed by atoms with Crippen molar-refractivity contribution in [2.24, 2.45) is 5.92 Å². The van der Waals surface area contributed by atoms with Crippen molar-refractivity contribution in [2.75, 3.05) is 19.8 Å². The maximum absolute atomic E-state index is 13.7. The van der Waals surface area contributed by atoms with Crippen molar-refractivity contribution in [1.82, 2.24) is 4.90 Å². The van der Waals surface area contributed by atoms with Gasteiger partial charge in [-0.05, 0) is 48.6 Å². The molecular formula is C21H22Cl2FNO3. The van der Waals surface area contributed by atoms with E-state index < -0.39 is 5.82 Å². The van der Waals surface area contributed by atoms with Crippen LogP contribution in [0.25, 0.3) is 0 Å². The number of aliphatic hydroxyl groups excluding tert-OH is 1. The van der Waals surface area contributed by atoms with Gasteiger partial charge in [0.15, 0.2) is 0 Å². The number of morpholine rings is 1. The van der Waals surface area contributed by atoms with Gasteiger partial charge in [0.1, 0.15) is 12.4 Å². The summed E-state index contributed by atoms with van der Waals surface area (Å²) >= 11 is 11.2. The predicted octanol–water partition coefficient (Wildman–Crippen LogP) is 4.49. The van der Waals surface area contributed by atoms with Gasteiger partial charge in [0.2, 0.25) is 5.91 Å². The van der Waals surface area contributed by atoms with E-state index in [4.69, 9.17) is 27.9 Å². The first-order valence-electron chi connectivity index (χ1n) is 9.16. The highest BCUT2D eigenvalue weighted by atomic mass is 35.5. The molecule has 2 unspecified atom stereocenters. The molecule has 2 aromatic carbocycles. The molecule has 0 spiro atoms. The van der Waals surface area contributed by atoms with Gasteiger partial charge >= 0.3 is 0 Å². The number of halogens is 3. The number of hydrogen-bond donors (Lipinski definition) is 1. The molecule has 2 atom stereocenters. The highest BCUT2D eigenvalue weighted by Gasteiger charge is 2.42. The molecule has 1 aliphatic carbocycles. The first kappa shape index (κ1) is 21.1. The van der Waals surface area contributed by atoms with Crippen molar-refractivity contribution in [3.05, 3.63) is 70.0 Å². The van der Waals surface area contributed by atoms with Crippen LogP contribution in [0, 0.1) is 11.7 Å². The quantitative estimate of drug-likeness (QED) is 0.784. The molecule has 1 saturated heterocycles. The highest BCUT2D eigenvalue weighted by Crippen LogP contribution is 2.39. The minimum absolute atomic E-state index is 0.00971. The molecule has 2 aliphatic rings. The Labute approximate surface area is 173 Å². The van der Waals surface area contributed by atoms with Gasteiger partial charge in [0, 0.05) is 5.02 Å². The van der Waals surface area contributed by atoms with Gasteiger partial charge in [-0.15, -0.1) is 0 Å². The molecule has 1 N–H and O–H groups in total. The van der Waals surface area contributed by atoms with Gasteiger partial charge in [0.25, 0.3) is 0 Å². The van der Waals surface area contributed by atoms with Gasteiger partial charge < -0.3 is 14.7 Å². The fourth-order valence-electron chi connectivity index (χ4n) is 3.34. The third-order valence-electron chi connectivity index (χ3n) is 4.90. The number of benzene rings is 2. The van der Waals surface area contributed by atoms with Crippen LogP contribution in [0.1, 0.15) is 24.4 Å². The molecule has 2 aromatic rings. The Morgan fingerprint density at radius 2 is 1.89 bits per heavy atom. The molecule has 1 aliphatic heterocycles. The van der Waals surface area contributed by atoms with Crippen LogP contribution in [0.2, 0.25) is 10.0 Å². The van der Waals surface area contributed by atoms with Gasteiger partial charge in [-0.1, -0.05) is 47.5 Å². The number of nitrogens with zero attached hydrogens (tertiary/aromatic N) is 1. The van der Waals surface area contributed by atoms with Gasteiger partial charge in [-0.2, -0.15) is 0 Å². The van der Waals surface area contributed by atoms with Crippen molar-refractivity contribution in [3.63, 3.8) is 0 Å². The fraction of sp³-hybridized carbons (Fsp3) is 0.381. The Kier molecular flexibility index (Phi) is 7.30. The summed E-state index contributed by atoms with van der Waals surface area (Å²) in [7, 11) is 0. The molecule has 0 radical (unpaired) electrons. The lowest BCUT2D eigenvalue weighted by atomic mass is 10.0. The molecule has 1 heterocycles. The normalized spacial score (nSPS) is 20.4. The number of carbonyl (C=O) groups excluding carboxylic acids is 1. The minimum Gasteiger partial charge on any atom is -0.394 e. The zero-order valence-corrected chi connectivity index (χ0v) is 16.7. The van der Waals surface area contributed by atoms with E-state index in [1.54, 1.807) is 11.0 Å². The fourth-order valence-corrected chi connectivity index (χ4v) is 3.60. The molecule has 2 fully saturated rings. The monoisotopic (exact) mass is 425 g/mol. The van der Waals surface area contributed by atoms with Crippen molar-refractivity contribution in [3.8, 4) is 0 Å². The second-order valence-corrected chi connectivity index (χ2v) is 7.73. The Morgan fingerprint density at radius 1 is 1.18 bits per heavy atom. The van der Waals surface area contributed by atoms with Crippen molar-refractivity contribution in [1.29, 1.82) is 0 Å². The van der Waals surface area contributed by atoms with Crippen LogP contribution in [-0.2, 0) is 9.53 Å². The number of hydrogen-bond acceptors (Lipinski definition) is 3. The summed E-state index contributed by atoms with van der Waals surface area (Å²) in [6.07, 6.45) is 2.02. The molecule has 0 aromatic heterocycles. The van der Waals surface area contributed by atoms with E-state index in [1.807, 2.05) is 30.3 Å². The minimum atomic E-state index is -0.515. The standard InChI is InChI=1S/C15H17ClFNO3.C6H5Cl/c16-11-4-3-10(5-12(11)17)14-7-21-8-15(20)18(14)13(6-19)9-1-2-9;7-6-4-2-1-3-5-6/h3-5,9,13-14,19H,1-2,6-8H2;1-5H. The molecule has 28 heavy (non-hydrogen) atoms. The van der Waals surface area contributed by atoms with Crippen LogP contribution >= 0.6 is 23.2 Å². The van der Waals surface area contributed by atoms with Crippen LogP contribution in [0.15, 0.2) is 48.5 Å². The number of amides is 1. The maximum Gasteiger partial charge on any atom is 0.249 e. The summed E-state index contributed by atoms with van der Waals surface area (Å²) in [5.74, 6) is -0.344. The van der Waals surface area contributed by atoms with Gasteiger partial charge in [-0.3, -0.25) is 4.79 Å². The lowest BCUT2D eigenvalue weighted by Gasteiger charge is -2.41. The SMILES string of the molecule is Clc1ccccc1.O=C1COCC(c2ccc(Cl)c(F)c2)N1C(CO)C1CC1. The van der Waals surface area contributed by atoms with Gasteiger partial charge in [-0.25, -0.2) is 4.39 Å². The highest BCUT2D eigenvalue weighted by molar-refractivity contribution is 6.30. The van der Waals surface area contributed by atoms with Crippen LogP contribution in [-0.4, -0.2) is 41.8 Å². The third-order valence-corrected chi connectivity index (χ3v) is 5.46. The van der Waals surface area contributed by atoms with Crippen molar-refractivity contribution in [2.45, 2.75) is 24.9 Å². The van der Waals surface area contributed by atoms with Crippen LogP contribution in [0.4, 0.5) is 4.39 Å². The second kappa shape index (κ2) is 9.70. The molecule has 4 rings (SSSR count). The summed E-state index contributed by atoms with van der Waals surface area (Å²) < 4.78 is 19.0. The average molecular weight is 426 g/mol. The van der Waals surface area contributed by atoms with E-state index in [0.29, 0.717) is 18.1 Å². The second-order valence-electron chi connectivity index (χ2n) is 6.89. The number of rotatable bonds is 4. The van der Waals surface area contributed by atoms with E-state index in [2.05, 4.69) is 0 Å². The zero-order chi connectivity index (χ0) is 20.1. The van der Waals surface area contributed by atoms with Crippen LogP contribution in [0.3, 0.4) is 0 Å². The van der Waals surface area contributed by atoms with E-state index >= 15 is 0 Å². The first-order valence-corrected chi connectivity index (χ1v) is 9.92. The lowest BCUT2D eigenvalue weighted by molar-refractivity contribution is -0.154. The van der Waals surface area contributed by atoms with E-state index in [9.17, 15) is 14.3 Å². The van der Waals surface area contributed by atoms with Crippen molar-refractivity contribution < 1.29 is 19.0 Å². The molecule has 7 heteroatoms. The molecule has 0 bridgehead atoms. The van der Waals surface area contributed by atoms with Crippen LogP contribution < -0.4 is 0 Å². The molecule has 4 nitrogen and oxygen atoms in total. The lowest BCUT2D eigenvalue weighted by Crippen LogP contribution is -2.52. The number of ether oxygens (including phenoxy) is 1. The van der Waals surface area contributed by atoms with Crippen molar-refractivity contribution >= 4 is 29.1 Å². The molecule has 1 saturated carbocycles. The zero-order valence-electron chi connectivity index (χ0n) is 15.2. The summed E-state index contributed by atoms with van der Waals surface area (Å²) in [4.78, 5) is 13.9. The van der Waals surface area contributed by atoms with E-state index in [0.717, 1.165) is 17.9 Å². The Bertz CT molecular complexity index is 801. The molecular weight excluding hydrogens is 404 g/mol. The first-order chi connectivity index (χ1) is 13.5. The third kappa shape index (κ3) is 5.23. The van der Waals surface area contributed by atoms with Crippen LogP contribution in [0.5, 0.6) is 0 Å². The Balaban J connectivity index is 0.000000271. The maximum atomic E-state index is 13.7.